The van der Waals surface area contributed by atoms with Crippen molar-refractivity contribution in [2.45, 2.75) is 83.5 Å². The number of carbonyl (C=O) groups excluding carboxylic acids is 1. The Bertz CT molecular complexity index is 600. The highest BCUT2D eigenvalue weighted by atomic mass is 28.4. The van der Waals surface area contributed by atoms with Crippen molar-refractivity contribution < 1.29 is 14.0 Å². The molecule has 7 nitrogen and oxygen atoms in total. The van der Waals surface area contributed by atoms with Gasteiger partial charge in [0.15, 0.2) is 22.9 Å². The molecule has 0 aromatic carbocycles. The molecule has 28 heavy (non-hydrogen) atoms. The number of guanidine groups is 1. The van der Waals surface area contributed by atoms with E-state index in [-0.39, 0.29) is 12.0 Å². The van der Waals surface area contributed by atoms with Crippen LogP contribution in [0.2, 0.25) is 64.0 Å². The molecule has 1 aliphatic heterocycles. The normalized spacial score (nSPS) is 19.8. The monoisotopic (exact) mass is 444 g/mol. The topological polar surface area (TPSA) is 95.0 Å². The van der Waals surface area contributed by atoms with Gasteiger partial charge in [0.2, 0.25) is 5.96 Å². The van der Waals surface area contributed by atoms with Crippen LogP contribution >= 0.6 is 0 Å². The van der Waals surface area contributed by atoms with E-state index in [0.29, 0.717) is 6.54 Å². The second-order valence-electron chi connectivity index (χ2n) is 10.1. The quantitative estimate of drug-likeness (QED) is 0.323. The van der Waals surface area contributed by atoms with E-state index in [1.807, 2.05) is 6.92 Å². The number of nitrogens with zero attached hydrogens (tertiary/aromatic N) is 1. The van der Waals surface area contributed by atoms with Gasteiger partial charge in [0.25, 0.3) is 0 Å². The highest BCUT2D eigenvalue weighted by molar-refractivity contribution is 6.86. The van der Waals surface area contributed by atoms with Gasteiger partial charge in [-0.3, -0.25) is 5.32 Å². The van der Waals surface area contributed by atoms with E-state index < -0.39 is 30.9 Å². The van der Waals surface area contributed by atoms with Gasteiger partial charge >= 0.3 is 6.03 Å². The Kier molecular flexibility index (Phi) is 9.13. The van der Waals surface area contributed by atoms with E-state index in [0.717, 1.165) is 18.2 Å². The van der Waals surface area contributed by atoms with E-state index >= 15 is 0 Å². The SMILES string of the molecule is CC1=CC(O)N=C(NC(=O)NCCC[Si](C)(CC[Si](C)(C)C)O[Si](C)(C)C)N1. The van der Waals surface area contributed by atoms with Crippen LogP contribution in [0.15, 0.2) is 16.8 Å². The fourth-order valence-electron chi connectivity index (χ4n) is 3.14. The third kappa shape index (κ3) is 11.1. The first-order valence-corrected chi connectivity index (χ1v) is 20.1. The van der Waals surface area contributed by atoms with Gasteiger partial charge in [0.05, 0.1) is 0 Å². The minimum Gasteiger partial charge on any atom is -0.456 e. The van der Waals surface area contributed by atoms with Crippen LogP contribution in [0, 0.1) is 0 Å². The Morgan fingerprint density at radius 2 is 1.82 bits per heavy atom. The molecule has 2 atom stereocenters. The molecular formula is C18H40N4O3Si3. The lowest BCUT2D eigenvalue weighted by molar-refractivity contribution is 0.228. The highest BCUT2D eigenvalue weighted by Crippen LogP contribution is 2.28. The predicted octanol–water partition coefficient (Wildman–Crippen LogP) is 3.62. The summed E-state index contributed by atoms with van der Waals surface area (Å²) in [4.78, 5) is 16.0. The van der Waals surface area contributed by atoms with Gasteiger partial charge in [-0.1, -0.05) is 25.7 Å². The second-order valence-corrected chi connectivity index (χ2v) is 24.6. The van der Waals surface area contributed by atoms with Crippen LogP contribution in [-0.2, 0) is 4.12 Å². The summed E-state index contributed by atoms with van der Waals surface area (Å²) >= 11 is 0. The Morgan fingerprint density at radius 3 is 2.36 bits per heavy atom. The number of hydrogen-bond donors (Lipinski definition) is 4. The summed E-state index contributed by atoms with van der Waals surface area (Å²) in [6.45, 7) is 18.8. The van der Waals surface area contributed by atoms with Gasteiger partial charge < -0.3 is 19.9 Å². The summed E-state index contributed by atoms with van der Waals surface area (Å²) < 4.78 is 6.68. The fourth-order valence-corrected chi connectivity index (χ4v) is 16.2. The number of allylic oxidation sites excluding steroid dienone is 1. The van der Waals surface area contributed by atoms with Crippen LogP contribution < -0.4 is 16.0 Å². The number of urea groups is 1. The maximum Gasteiger partial charge on any atom is 0.321 e. The summed E-state index contributed by atoms with van der Waals surface area (Å²) in [7, 11) is -4.47. The third-order valence-corrected chi connectivity index (χ3v) is 13.7. The number of hydrogen-bond acceptors (Lipinski definition) is 5. The molecule has 0 saturated carbocycles. The zero-order chi connectivity index (χ0) is 21.6. The lowest BCUT2D eigenvalue weighted by Gasteiger charge is -2.36. The number of aliphatic hydroxyl groups excluding tert-OH is 1. The first-order valence-electron chi connectivity index (χ1n) is 10.1. The zero-order valence-corrected chi connectivity index (χ0v) is 21.9. The molecule has 2 unspecified atom stereocenters. The standard InChI is InChI=1S/C18H40N4O3Si3/c1-15-14-16(23)21-17(20-15)22-18(24)19-10-9-11-28(8,25-27(5,6)7)13-12-26(2,3)4/h14,16,23H,9-13H2,1-8H3,(H3,19,20,21,22,24). The third-order valence-electron chi connectivity index (χ3n) is 4.33. The molecule has 0 radical (unpaired) electrons. The van der Waals surface area contributed by atoms with Crippen molar-refractivity contribution in [3.05, 3.63) is 11.8 Å². The number of rotatable bonds is 9. The van der Waals surface area contributed by atoms with Crippen LogP contribution in [0.4, 0.5) is 4.79 Å². The lowest BCUT2D eigenvalue weighted by atomic mass is 10.3. The summed E-state index contributed by atoms with van der Waals surface area (Å²) in [6.07, 6.45) is 1.56. The first-order chi connectivity index (χ1) is 12.7. The van der Waals surface area contributed by atoms with Crippen molar-refractivity contribution in [3.8, 4) is 0 Å². The molecule has 0 fully saturated rings. The Balaban J connectivity index is 2.47. The predicted molar refractivity (Wildman–Crippen MR) is 125 cm³/mol. The average molecular weight is 445 g/mol. The molecule has 10 heteroatoms. The first kappa shape index (κ1) is 25.1. The smallest absolute Gasteiger partial charge is 0.321 e. The summed E-state index contributed by atoms with van der Waals surface area (Å²) in [5.41, 5.74) is 0.755. The van der Waals surface area contributed by atoms with E-state index in [4.69, 9.17) is 4.12 Å². The van der Waals surface area contributed by atoms with Gasteiger partial charge in [-0.25, -0.2) is 9.79 Å². The Labute approximate surface area is 173 Å². The fraction of sp³-hybridized carbons (Fsp3) is 0.778. The van der Waals surface area contributed by atoms with Gasteiger partial charge in [-0.15, -0.1) is 0 Å². The second kappa shape index (κ2) is 10.2. The number of aliphatic imine (C=N–C) groups is 1. The minimum atomic E-state index is -1.78. The van der Waals surface area contributed by atoms with Crippen LogP contribution in [0.25, 0.3) is 0 Å². The molecule has 0 bridgehead atoms. The Hall–Kier alpha value is -0.949. The molecule has 0 spiro atoms. The maximum absolute atomic E-state index is 12.1. The lowest BCUT2D eigenvalue weighted by Crippen LogP contribution is -2.48. The maximum atomic E-state index is 12.1. The van der Waals surface area contributed by atoms with Gasteiger partial charge in [0, 0.05) is 20.3 Å². The number of carbonyl (C=O) groups is 1. The number of amides is 2. The number of nitrogens with one attached hydrogen (secondary N) is 3. The molecule has 0 aromatic rings. The highest BCUT2D eigenvalue weighted by Gasteiger charge is 2.35. The molecule has 162 valence electrons. The van der Waals surface area contributed by atoms with E-state index in [9.17, 15) is 9.90 Å². The summed E-state index contributed by atoms with van der Waals surface area (Å²) in [6, 6.07) is 3.25. The van der Waals surface area contributed by atoms with Crippen LogP contribution in [0.5, 0.6) is 0 Å². The van der Waals surface area contributed by atoms with E-state index in [2.05, 4.69) is 66.8 Å². The Morgan fingerprint density at radius 1 is 1.18 bits per heavy atom. The molecule has 1 aliphatic rings. The van der Waals surface area contributed by atoms with Crippen LogP contribution in [0.3, 0.4) is 0 Å². The molecule has 0 aromatic heterocycles. The van der Waals surface area contributed by atoms with Crippen molar-refractivity contribution in [1.82, 2.24) is 16.0 Å². The van der Waals surface area contributed by atoms with Crippen molar-refractivity contribution in [1.29, 1.82) is 0 Å². The van der Waals surface area contributed by atoms with Crippen molar-refractivity contribution in [2.24, 2.45) is 4.99 Å². The summed E-state index contributed by atoms with van der Waals surface area (Å²) in [5, 5.41) is 18.0. The molecule has 1 rings (SSSR count). The summed E-state index contributed by atoms with van der Waals surface area (Å²) in [5.74, 6) is 0.265. The van der Waals surface area contributed by atoms with Crippen LogP contribution in [0.1, 0.15) is 13.3 Å². The van der Waals surface area contributed by atoms with E-state index in [1.165, 1.54) is 12.1 Å². The minimum absolute atomic E-state index is 0.265. The molecule has 2 amide bonds. The van der Waals surface area contributed by atoms with Crippen molar-refractivity contribution >= 4 is 36.7 Å². The average Bonchev–Trinajstić information content (AvgIpc) is 2.46. The van der Waals surface area contributed by atoms with Gasteiger partial charge in [-0.05, 0) is 57.7 Å². The van der Waals surface area contributed by atoms with Crippen molar-refractivity contribution in [2.75, 3.05) is 6.54 Å². The van der Waals surface area contributed by atoms with Crippen molar-refractivity contribution in [3.63, 3.8) is 0 Å². The number of aliphatic hydroxyl groups is 1. The molecule has 4 N–H and O–H groups in total. The molecule has 0 saturated heterocycles. The molecule has 0 aliphatic carbocycles. The van der Waals surface area contributed by atoms with Crippen LogP contribution in [-0.4, -0.2) is 54.6 Å². The van der Waals surface area contributed by atoms with Gasteiger partial charge in [0.1, 0.15) is 0 Å². The van der Waals surface area contributed by atoms with E-state index in [1.54, 1.807) is 6.08 Å². The zero-order valence-electron chi connectivity index (χ0n) is 18.9. The largest absolute Gasteiger partial charge is 0.456 e. The molecular weight excluding hydrogens is 404 g/mol. The molecule has 1 heterocycles. The van der Waals surface area contributed by atoms with Gasteiger partial charge in [-0.2, -0.15) is 0 Å².